The Morgan fingerprint density at radius 2 is 1.52 bits per heavy atom. The molecule has 0 aliphatic heterocycles. The molecule has 0 spiro atoms. The first-order valence-electron chi connectivity index (χ1n) is 8.60. The second-order valence-corrected chi connectivity index (χ2v) is 6.05. The number of carbonyl (C=O) groups is 1. The van der Waals surface area contributed by atoms with Crippen molar-refractivity contribution in [2.24, 2.45) is 0 Å². The van der Waals surface area contributed by atoms with E-state index < -0.39 is 5.60 Å². The molecular weight excluding hydrogens is 310 g/mol. The quantitative estimate of drug-likeness (QED) is 0.790. The van der Waals surface area contributed by atoms with Crippen molar-refractivity contribution >= 4 is 5.78 Å². The van der Waals surface area contributed by atoms with E-state index >= 15 is 0 Å². The molecule has 0 aliphatic carbocycles. The summed E-state index contributed by atoms with van der Waals surface area (Å²) in [5.41, 5.74) is -0.459. The van der Waals surface area contributed by atoms with Gasteiger partial charge in [-0.05, 0) is 24.7 Å². The molecule has 2 aromatic carbocycles. The van der Waals surface area contributed by atoms with Gasteiger partial charge in [0.05, 0.1) is 6.54 Å². The molecule has 0 atom stereocenters. The van der Waals surface area contributed by atoms with Gasteiger partial charge in [0.25, 0.3) is 0 Å². The van der Waals surface area contributed by atoms with Gasteiger partial charge in [-0.15, -0.1) is 5.92 Å². The number of benzene rings is 2. The zero-order valence-electron chi connectivity index (χ0n) is 14.9. The molecule has 3 nitrogen and oxygen atoms in total. The summed E-state index contributed by atoms with van der Waals surface area (Å²) >= 11 is 0. The van der Waals surface area contributed by atoms with Crippen LogP contribution < -0.4 is 0 Å². The van der Waals surface area contributed by atoms with E-state index in [9.17, 15) is 9.90 Å². The third-order valence-electron chi connectivity index (χ3n) is 4.28. The summed E-state index contributed by atoms with van der Waals surface area (Å²) < 4.78 is 0. The molecule has 1 N–H and O–H groups in total. The average Bonchev–Trinajstić information content (AvgIpc) is 2.68. The lowest BCUT2D eigenvalue weighted by Gasteiger charge is -2.27. The Morgan fingerprint density at radius 3 is 2.00 bits per heavy atom. The van der Waals surface area contributed by atoms with Crippen LogP contribution in [0, 0.1) is 11.8 Å². The highest BCUT2D eigenvalue weighted by atomic mass is 16.3. The minimum atomic E-state index is -1.63. The first-order chi connectivity index (χ1) is 12.1. The highest BCUT2D eigenvalue weighted by Gasteiger charge is 2.38. The summed E-state index contributed by atoms with van der Waals surface area (Å²) in [6, 6.07) is 18.2. The Bertz CT molecular complexity index is 689. The lowest BCUT2D eigenvalue weighted by molar-refractivity contribution is -0.134. The fourth-order valence-electron chi connectivity index (χ4n) is 2.60. The first-order valence-corrected chi connectivity index (χ1v) is 8.60. The maximum absolute atomic E-state index is 12.9. The molecular formula is C22H25NO2. The molecule has 2 rings (SSSR count). The van der Waals surface area contributed by atoms with Crippen LogP contribution >= 0.6 is 0 Å². The summed E-state index contributed by atoms with van der Waals surface area (Å²) in [7, 11) is 2.00. The molecule has 0 heterocycles. The van der Waals surface area contributed by atoms with Crippen LogP contribution in [0.3, 0.4) is 0 Å². The molecule has 0 aliphatic rings. The molecule has 0 saturated carbocycles. The zero-order chi connectivity index (χ0) is 18.1. The van der Waals surface area contributed by atoms with E-state index in [-0.39, 0.29) is 12.2 Å². The minimum Gasteiger partial charge on any atom is -0.373 e. The van der Waals surface area contributed by atoms with Crippen LogP contribution in [-0.2, 0) is 10.4 Å². The fraction of sp³-hybridized carbons (Fsp3) is 0.318. The van der Waals surface area contributed by atoms with Gasteiger partial charge in [0, 0.05) is 12.8 Å². The van der Waals surface area contributed by atoms with Gasteiger partial charge in [0.1, 0.15) is 0 Å². The second-order valence-electron chi connectivity index (χ2n) is 6.05. The molecule has 25 heavy (non-hydrogen) atoms. The molecule has 0 amide bonds. The highest BCUT2D eigenvalue weighted by molar-refractivity contribution is 5.92. The molecule has 0 unspecified atom stereocenters. The fourth-order valence-corrected chi connectivity index (χ4v) is 2.60. The van der Waals surface area contributed by atoms with Crippen LogP contribution in [0.4, 0.5) is 0 Å². The van der Waals surface area contributed by atoms with E-state index in [1.807, 2.05) is 43.4 Å². The van der Waals surface area contributed by atoms with Crippen molar-refractivity contribution in [2.45, 2.75) is 25.4 Å². The van der Waals surface area contributed by atoms with Crippen molar-refractivity contribution in [1.29, 1.82) is 0 Å². The highest BCUT2D eigenvalue weighted by Crippen LogP contribution is 2.31. The van der Waals surface area contributed by atoms with E-state index in [4.69, 9.17) is 0 Å². The van der Waals surface area contributed by atoms with Crippen molar-refractivity contribution < 1.29 is 9.90 Å². The lowest BCUT2D eigenvalue weighted by atomic mass is 9.81. The summed E-state index contributed by atoms with van der Waals surface area (Å²) in [5.74, 6) is 5.86. The second kappa shape index (κ2) is 9.17. The van der Waals surface area contributed by atoms with E-state index in [2.05, 4.69) is 23.7 Å². The van der Waals surface area contributed by atoms with Crippen LogP contribution in [0.5, 0.6) is 0 Å². The Kier molecular flexibility index (Phi) is 6.94. The maximum Gasteiger partial charge on any atom is 0.174 e. The van der Waals surface area contributed by atoms with Crippen LogP contribution in [-0.4, -0.2) is 35.9 Å². The number of carbonyl (C=O) groups excluding carboxylic acids is 1. The van der Waals surface area contributed by atoms with Gasteiger partial charge in [0.2, 0.25) is 0 Å². The Hall–Kier alpha value is -2.41. The van der Waals surface area contributed by atoms with E-state index in [0.717, 1.165) is 6.54 Å². The normalized spacial score (nSPS) is 11.0. The number of hydrogen-bond acceptors (Lipinski definition) is 3. The number of hydrogen-bond donors (Lipinski definition) is 1. The molecule has 0 saturated heterocycles. The van der Waals surface area contributed by atoms with Gasteiger partial charge in [-0.1, -0.05) is 73.5 Å². The molecule has 0 radical (unpaired) electrons. The van der Waals surface area contributed by atoms with Gasteiger partial charge < -0.3 is 5.11 Å². The maximum atomic E-state index is 12.9. The summed E-state index contributed by atoms with van der Waals surface area (Å²) in [6.07, 6.45) is 0.654. The molecule has 130 valence electrons. The van der Waals surface area contributed by atoms with E-state index in [0.29, 0.717) is 24.1 Å². The molecule has 0 aromatic heterocycles. The Labute approximate surface area is 150 Å². The van der Waals surface area contributed by atoms with Crippen LogP contribution in [0.2, 0.25) is 0 Å². The lowest BCUT2D eigenvalue weighted by Crippen LogP contribution is -2.36. The van der Waals surface area contributed by atoms with Crippen molar-refractivity contribution in [1.82, 2.24) is 4.90 Å². The van der Waals surface area contributed by atoms with E-state index in [1.165, 1.54) is 0 Å². The van der Waals surface area contributed by atoms with Crippen LogP contribution in [0.25, 0.3) is 0 Å². The van der Waals surface area contributed by atoms with Gasteiger partial charge in [0.15, 0.2) is 11.4 Å². The molecule has 2 aromatic rings. The standard InChI is InChI=1S/C22H25NO2/c1-3-23(2)18-12-6-11-17-21(24)22(25,19-13-7-4-8-14-19)20-15-9-5-10-16-20/h4-5,7-10,13-16,25H,3,11,17-18H2,1-2H3. The van der Waals surface area contributed by atoms with Crippen LogP contribution in [0.15, 0.2) is 60.7 Å². The summed E-state index contributed by atoms with van der Waals surface area (Å²) in [6.45, 7) is 3.70. The molecule has 0 fully saturated rings. The Morgan fingerprint density at radius 1 is 1.00 bits per heavy atom. The SMILES string of the molecule is CCN(C)CC#CCCC(=O)C(O)(c1ccccc1)c1ccccc1. The average molecular weight is 335 g/mol. The third-order valence-corrected chi connectivity index (χ3v) is 4.28. The van der Waals surface area contributed by atoms with Crippen molar-refractivity contribution in [3.8, 4) is 11.8 Å². The number of Topliss-reactive ketones (excluding diaryl/α,β-unsaturated/α-hetero) is 1. The topological polar surface area (TPSA) is 40.5 Å². The first kappa shape index (κ1) is 18.9. The number of rotatable bonds is 7. The van der Waals surface area contributed by atoms with Gasteiger partial charge in [-0.25, -0.2) is 0 Å². The summed E-state index contributed by atoms with van der Waals surface area (Å²) in [5, 5.41) is 11.3. The predicted molar refractivity (Wildman–Crippen MR) is 101 cm³/mol. The predicted octanol–water partition coefficient (Wildman–Crippen LogP) is 3.23. The smallest absolute Gasteiger partial charge is 0.174 e. The Balaban J connectivity index is 2.18. The van der Waals surface area contributed by atoms with Gasteiger partial charge >= 0.3 is 0 Å². The van der Waals surface area contributed by atoms with Crippen molar-refractivity contribution in [2.75, 3.05) is 20.1 Å². The zero-order valence-corrected chi connectivity index (χ0v) is 14.9. The number of aliphatic hydroxyl groups is 1. The third kappa shape index (κ3) is 4.79. The number of nitrogens with zero attached hydrogens (tertiary/aromatic N) is 1. The van der Waals surface area contributed by atoms with E-state index in [1.54, 1.807) is 24.3 Å². The largest absolute Gasteiger partial charge is 0.373 e. The van der Waals surface area contributed by atoms with Crippen molar-refractivity contribution in [3.63, 3.8) is 0 Å². The summed E-state index contributed by atoms with van der Waals surface area (Å²) in [4.78, 5) is 15.0. The van der Waals surface area contributed by atoms with Crippen LogP contribution in [0.1, 0.15) is 30.9 Å². The molecule has 0 bridgehead atoms. The number of ketones is 1. The van der Waals surface area contributed by atoms with Crippen molar-refractivity contribution in [3.05, 3.63) is 71.8 Å². The van der Waals surface area contributed by atoms with Gasteiger partial charge in [-0.3, -0.25) is 9.69 Å². The molecule has 3 heteroatoms. The monoisotopic (exact) mass is 335 g/mol. The van der Waals surface area contributed by atoms with Gasteiger partial charge in [-0.2, -0.15) is 0 Å². The minimum absolute atomic E-state index is 0.211.